The summed E-state index contributed by atoms with van der Waals surface area (Å²) < 4.78 is 4.40. The van der Waals surface area contributed by atoms with E-state index in [1.807, 2.05) is 6.92 Å². The molecule has 0 bridgehead atoms. The summed E-state index contributed by atoms with van der Waals surface area (Å²) in [5, 5.41) is 9.18. The van der Waals surface area contributed by atoms with Crippen molar-refractivity contribution >= 4 is 5.97 Å². The molecule has 0 aliphatic rings. The molecule has 0 spiro atoms. The molecular formula is C8H16O3. The van der Waals surface area contributed by atoms with Gasteiger partial charge in [-0.25, -0.2) is 0 Å². The predicted molar refractivity (Wildman–Crippen MR) is 42.2 cm³/mol. The lowest BCUT2D eigenvalue weighted by atomic mass is 10.1. The van der Waals surface area contributed by atoms with Crippen LogP contribution in [0.4, 0.5) is 0 Å². The molecule has 1 atom stereocenters. The third-order valence-electron chi connectivity index (χ3n) is 1.52. The van der Waals surface area contributed by atoms with Crippen molar-refractivity contribution in [1.82, 2.24) is 0 Å². The Kier molecular flexibility index (Phi) is 5.84. The average molecular weight is 160 g/mol. The van der Waals surface area contributed by atoms with Gasteiger partial charge >= 0.3 is 5.97 Å². The maximum Gasteiger partial charge on any atom is 0.308 e. The van der Waals surface area contributed by atoms with E-state index in [0.717, 1.165) is 12.8 Å². The fourth-order valence-corrected chi connectivity index (χ4v) is 0.818. The molecule has 0 aromatic heterocycles. The normalized spacial score (nSPS) is 12.6. The minimum atomic E-state index is -0.526. The molecule has 0 saturated heterocycles. The Balaban J connectivity index is 3.35. The number of aliphatic hydroxyl groups excluding tert-OH is 1. The van der Waals surface area contributed by atoms with Crippen LogP contribution in [0.25, 0.3) is 0 Å². The minimum absolute atomic E-state index is 0.122. The number of carbonyl (C=O) groups excluding carboxylic acids is 1. The zero-order chi connectivity index (χ0) is 8.69. The highest BCUT2D eigenvalue weighted by Gasteiger charge is 2.09. The van der Waals surface area contributed by atoms with Crippen molar-refractivity contribution in [3.05, 3.63) is 0 Å². The van der Waals surface area contributed by atoms with Crippen LogP contribution in [0.3, 0.4) is 0 Å². The lowest BCUT2D eigenvalue weighted by Gasteiger charge is -2.06. The smallest absolute Gasteiger partial charge is 0.308 e. The van der Waals surface area contributed by atoms with Crippen molar-refractivity contribution in [3.63, 3.8) is 0 Å². The lowest BCUT2D eigenvalue weighted by molar-refractivity contribution is -0.142. The number of ether oxygens (including phenoxy) is 1. The van der Waals surface area contributed by atoms with E-state index in [0.29, 0.717) is 6.42 Å². The summed E-state index contributed by atoms with van der Waals surface area (Å²) in [7, 11) is 1.33. The number of rotatable bonds is 5. The molecule has 0 fully saturated rings. The van der Waals surface area contributed by atoms with Crippen molar-refractivity contribution < 1.29 is 14.6 Å². The molecule has 66 valence electrons. The van der Waals surface area contributed by atoms with E-state index in [1.54, 1.807) is 0 Å². The maximum atomic E-state index is 10.6. The molecular weight excluding hydrogens is 144 g/mol. The first-order valence-electron chi connectivity index (χ1n) is 3.95. The number of aliphatic hydroxyl groups is 1. The topological polar surface area (TPSA) is 46.5 Å². The average Bonchev–Trinajstić information content (AvgIpc) is 2.00. The van der Waals surface area contributed by atoms with Gasteiger partial charge in [0.25, 0.3) is 0 Å². The molecule has 0 saturated carbocycles. The van der Waals surface area contributed by atoms with E-state index in [9.17, 15) is 9.90 Å². The van der Waals surface area contributed by atoms with Crippen molar-refractivity contribution in [1.29, 1.82) is 0 Å². The first-order valence-corrected chi connectivity index (χ1v) is 3.95. The number of hydrogen-bond acceptors (Lipinski definition) is 3. The maximum absolute atomic E-state index is 10.6. The second-order valence-electron chi connectivity index (χ2n) is 2.58. The quantitative estimate of drug-likeness (QED) is 0.612. The summed E-state index contributed by atoms with van der Waals surface area (Å²) in [6.07, 6.45) is 2.28. The lowest BCUT2D eigenvalue weighted by Crippen LogP contribution is -2.14. The number of unbranched alkanes of at least 4 members (excludes halogenated alkanes) is 1. The van der Waals surface area contributed by atoms with Crippen molar-refractivity contribution in [3.8, 4) is 0 Å². The number of methoxy groups -OCH3 is 1. The van der Waals surface area contributed by atoms with Gasteiger partial charge in [-0.1, -0.05) is 19.8 Å². The largest absolute Gasteiger partial charge is 0.469 e. The van der Waals surface area contributed by atoms with E-state index >= 15 is 0 Å². The summed E-state index contributed by atoms with van der Waals surface area (Å²) in [6, 6.07) is 0. The molecule has 1 N–H and O–H groups in total. The second kappa shape index (κ2) is 6.16. The summed E-state index contributed by atoms with van der Waals surface area (Å²) in [6.45, 7) is 2.05. The van der Waals surface area contributed by atoms with E-state index in [1.165, 1.54) is 7.11 Å². The molecule has 0 heterocycles. The molecule has 0 aliphatic carbocycles. The molecule has 0 radical (unpaired) electrons. The fraction of sp³-hybridized carbons (Fsp3) is 0.875. The van der Waals surface area contributed by atoms with Gasteiger partial charge in [0.2, 0.25) is 0 Å². The summed E-state index contributed by atoms with van der Waals surface area (Å²) in [5.74, 6) is -0.339. The Hall–Kier alpha value is -0.570. The number of esters is 1. The van der Waals surface area contributed by atoms with Gasteiger partial charge in [-0.2, -0.15) is 0 Å². The number of hydrogen-bond donors (Lipinski definition) is 1. The Morgan fingerprint density at radius 3 is 2.73 bits per heavy atom. The zero-order valence-corrected chi connectivity index (χ0v) is 7.17. The number of carbonyl (C=O) groups is 1. The van der Waals surface area contributed by atoms with Gasteiger partial charge in [0, 0.05) is 0 Å². The molecule has 3 heteroatoms. The van der Waals surface area contributed by atoms with Crippen LogP contribution in [0.15, 0.2) is 0 Å². The Morgan fingerprint density at radius 1 is 1.64 bits per heavy atom. The van der Waals surface area contributed by atoms with Crippen molar-refractivity contribution in [2.24, 2.45) is 0 Å². The van der Waals surface area contributed by atoms with E-state index < -0.39 is 6.10 Å². The van der Waals surface area contributed by atoms with Gasteiger partial charge < -0.3 is 9.84 Å². The molecule has 0 aromatic rings. The molecule has 0 aliphatic heterocycles. The van der Waals surface area contributed by atoms with Crippen LogP contribution in [0.5, 0.6) is 0 Å². The highest BCUT2D eigenvalue weighted by atomic mass is 16.5. The first-order chi connectivity index (χ1) is 5.20. The monoisotopic (exact) mass is 160 g/mol. The van der Waals surface area contributed by atoms with Gasteiger partial charge in [-0.05, 0) is 6.42 Å². The van der Waals surface area contributed by atoms with Gasteiger partial charge in [-0.15, -0.1) is 0 Å². The van der Waals surface area contributed by atoms with Gasteiger partial charge in [0.15, 0.2) is 0 Å². The van der Waals surface area contributed by atoms with Crippen LogP contribution in [0.2, 0.25) is 0 Å². The van der Waals surface area contributed by atoms with Crippen LogP contribution in [-0.4, -0.2) is 24.3 Å². The summed E-state index contributed by atoms with van der Waals surface area (Å²) in [5.41, 5.74) is 0. The Bertz CT molecular complexity index is 112. The SMILES string of the molecule is CCCC[C@@H](O)CC(=O)OC. The molecule has 0 rings (SSSR count). The van der Waals surface area contributed by atoms with Crippen LogP contribution in [0.1, 0.15) is 32.6 Å². The van der Waals surface area contributed by atoms with Crippen LogP contribution in [-0.2, 0) is 9.53 Å². The summed E-state index contributed by atoms with van der Waals surface area (Å²) >= 11 is 0. The molecule has 0 aromatic carbocycles. The van der Waals surface area contributed by atoms with Gasteiger partial charge in [0.1, 0.15) is 0 Å². The van der Waals surface area contributed by atoms with E-state index in [2.05, 4.69) is 4.74 Å². The molecule has 11 heavy (non-hydrogen) atoms. The summed E-state index contributed by atoms with van der Waals surface area (Å²) in [4.78, 5) is 10.6. The first kappa shape index (κ1) is 10.4. The fourth-order valence-electron chi connectivity index (χ4n) is 0.818. The highest BCUT2D eigenvalue weighted by molar-refractivity contribution is 5.69. The van der Waals surface area contributed by atoms with Crippen molar-refractivity contribution in [2.45, 2.75) is 38.7 Å². The zero-order valence-electron chi connectivity index (χ0n) is 7.17. The van der Waals surface area contributed by atoms with E-state index in [-0.39, 0.29) is 12.4 Å². The van der Waals surface area contributed by atoms with Crippen LogP contribution >= 0.6 is 0 Å². The third kappa shape index (κ3) is 5.85. The Morgan fingerprint density at radius 2 is 2.27 bits per heavy atom. The minimum Gasteiger partial charge on any atom is -0.469 e. The predicted octanol–water partition coefficient (Wildman–Crippen LogP) is 1.10. The molecule has 3 nitrogen and oxygen atoms in total. The Labute approximate surface area is 67.4 Å². The van der Waals surface area contributed by atoms with Crippen molar-refractivity contribution in [2.75, 3.05) is 7.11 Å². The molecule has 0 unspecified atom stereocenters. The van der Waals surface area contributed by atoms with Crippen LogP contribution in [0, 0.1) is 0 Å². The highest BCUT2D eigenvalue weighted by Crippen LogP contribution is 2.04. The molecule has 0 amide bonds. The third-order valence-corrected chi connectivity index (χ3v) is 1.52. The second-order valence-corrected chi connectivity index (χ2v) is 2.58. The van der Waals surface area contributed by atoms with Crippen LogP contribution < -0.4 is 0 Å². The van der Waals surface area contributed by atoms with E-state index in [4.69, 9.17) is 0 Å². The standard InChI is InChI=1S/C8H16O3/c1-3-4-5-7(9)6-8(10)11-2/h7,9H,3-6H2,1-2H3/t7-/m1/s1. The van der Waals surface area contributed by atoms with Gasteiger partial charge in [0.05, 0.1) is 19.6 Å². The van der Waals surface area contributed by atoms with Gasteiger partial charge in [-0.3, -0.25) is 4.79 Å².